The lowest BCUT2D eigenvalue weighted by molar-refractivity contribution is -0.132. The fourth-order valence-corrected chi connectivity index (χ4v) is 2.34. The van der Waals surface area contributed by atoms with Gasteiger partial charge in [-0.05, 0) is 19.4 Å². The lowest BCUT2D eigenvalue weighted by atomic mass is 10.3. The summed E-state index contributed by atoms with van der Waals surface area (Å²) in [5.41, 5.74) is 0. The van der Waals surface area contributed by atoms with Crippen molar-refractivity contribution in [3.05, 3.63) is 0 Å². The van der Waals surface area contributed by atoms with Crippen LogP contribution < -0.4 is 5.32 Å². The molecule has 2 aliphatic rings. The van der Waals surface area contributed by atoms with Gasteiger partial charge in [-0.15, -0.1) is 0 Å². The highest BCUT2D eigenvalue weighted by molar-refractivity contribution is 5.78. The van der Waals surface area contributed by atoms with Gasteiger partial charge in [0, 0.05) is 39.3 Å². The van der Waals surface area contributed by atoms with Crippen LogP contribution in [0.4, 0.5) is 0 Å². The molecule has 0 saturated carbocycles. The quantitative estimate of drug-likeness (QED) is 0.710. The zero-order valence-electron chi connectivity index (χ0n) is 10.5. The van der Waals surface area contributed by atoms with Crippen molar-refractivity contribution in [2.75, 3.05) is 59.0 Å². The second-order valence-corrected chi connectivity index (χ2v) is 4.73. The highest BCUT2D eigenvalue weighted by Crippen LogP contribution is 2.02. The van der Waals surface area contributed by atoms with Crippen LogP contribution in [0.5, 0.6) is 0 Å². The Balaban J connectivity index is 1.77. The molecule has 5 nitrogen and oxygen atoms in total. The number of ether oxygens (including phenoxy) is 1. The van der Waals surface area contributed by atoms with Crippen LogP contribution >= 0.6 is 0 Å². The van der Waals surface area contributed by atoms with Gasteiger partial charge in [0.15, 0.2) is 0 Å². The summed E-state index contributed by atoms with van der Waals surface area (Å²) in [5.74, 6) is 0.274. The van der Waals surface area contributed by atoms with Crippen molar-refractivity contribution < 1.29 is 9.53 Å². The maximum atomic E-state index is 12.1. The predicted octanol–water partition coefficient (Wildman–Crippen LogP) is -0.469. The Kier molecular flexibility index (Phi) is 5.22. The number of rotatable bonds is 2. The van der Waals surface area contributed by atoms with Crippen LogP contribution in [0.1, 0.15) is 12.8 Å². The smallest absolute Gasteiger partial charge is 0.236 e. The molecular formula is C12H23N3O2. The molecule has 17 heavy (non-hydrogen) atoms. The van der Waals surface area contributed by atoms with Gasteiger partial charge in [-0.3, -0.25) is 9.69 Å². The van der Waals surface area contributed by atoms with E-state index in [-0.39, 0.29) is 5.91 Å². The Morgan fingerprint density at radius 2 is 2.00 bits per heavy atom. The summed E-state index contributed by atoms with van der Waals surface area (Å²) >= 11 is 0. The third-order valence-corrected chi connectivity index (χ3v) is 3.37. The first-order chi connectivity index (χ1) is 8.36. The minimum atomic E-state index is 0.274. The van der Waals surface area contributed by atoms with Gasteiger partial charge in [0.25, 0.3) is 0 Å². The SMILES string of the molecule is O=C(CN1CCCOCC1)N1CCCNCC1. The van der Waals surface area contributed by atoms with E-state index in [1.165, 1.54) is 0 Å². The number of hydrogen-bond acceptors (Lipinski definition) is 4. The van der Waals surface area contributed by atoms with Crippen LogP contribution in [0.2, 0.25) is 0 Å². The highest BCUT2D eigenvalue weighted by Gasteiger charge is 2.19. The van der Waals surface area contributed by atoms with Crippen molar-refractivity contribution in [2.45, 2.75) is 12.8 Å². The molecule has 98 valence electrons. The van der Waals surface area contributed by atoms with Gasteiger partial charge in [0.2, 0.25) is 5.91 Å². The third-order valence-electron chi connectivity index (χ3n) is 3.37. The molecule has 2 aliphatic heterocycles. The van der Waals surface area contributed by atoms with Gasteiger partial charge in [0.1, 0.15) is 0 Å². The summed E-state index contributed by atoms with van der Waals surface area (Å²) < 4.78 is 5.40. The maximum absolute atomic E-state index is 12.1. The van der Waals surface area contributed by atoms with Gasteiger partial charge >= 0.3 is 0 Å². The first-order valence-electron chi connectivity index (χ1n) is 6.65. The Labute approximate surface area is 103 Å². The summed E-state index contributed by atoms with van der Waals surface area (Å²) in [6.07, 6.45) is 2.10. The van der Waals surface area contributed by atoms with Crippen LogP contribution in [0, 0.1) is 0 Å². The minimum Gasteiger partial charge on any atom is -0.380 e. The molecular weight excluding hydrogens is 218 g/mol. The number of hydrogen-bond donors (Lipinski definition) is 1. The highest BCUT2D eigenvalue weighted by atomic mass is 16.5. The van der Waals surface area contributed by atoms with E-state index in [1.54, 1.807) is 0 Å². The lowest BCUT2D eigenvalue weighted by Crippen LogP contribution is -2.42. The van der Waals surface area contributed by atoms with Crippen molar-refractivity contribution in [1.29, 1.82) is 0 Å². The second kappa shape index (κ2) is 6.93. The summed E-state index contributed by atoms with van der Waals surface area (Å²) in [6, 6.07) is 0. The predicted molar refractivity (Wildman–Crippen MR) is 65.9 cm³/mol. The van der Waals surface area contributed by atoms with Crippen LogP contribution in [0.15, 0.2) is 0 Å². The van der Waals surface area contributed by atoms with Crippen LogP contribution in [-0.2, 0) is 9.53 Å². The first kappa shape index (κ1) is 12.8. The molecule has 0 aromatic carbocycles. The fourth-order valence-electron chi connectivity index (χ4n) is 2.34. The van der Waals surface area contributed by atoms with Gasteiger partial charge in [-0.2, -0.15) is 0 Å². The second-order valence-electron chi connectivity index (χ2n) is 4.73. The standard InChI is InChI=1S/C12H23N3O2/c16-12(15-6-1-3-13-4-7-15)11-14-5-2-9-17-10-8-14/h13H,1-11H2. The van der Waals surface area contributed by atoms with E-state index in [9.17, 15) is 4.79 Å². The molecule has 1 N–H and O–H groups in total. The average Bonchev–Trinajstić information content (AvgIpc) is 2.72. The van der Waals surface area contributed by atoms with Crippen molar-refractivity contribution in [3.63, 3.8) is 0 Å². The topological polar surface area (TPSA) is 44.8 Å². The van der Waals surface area contributed by atoms with Gasteiger partial charge in [0.05, 0.1) is 13.2 Å². The number of carbonyl (C=O) groups excluding carboxylic acids is 1. The summed E-state index contributed by atoms with van der Waals surface area (Å²) in [7, 11) is 0. The molecule has 5 heteroatoms. The maximum Gasteiger partial charge on any atom is 0.236 e. The molecule has 0 spiro atoms. The van der Waals surface area contributed by atoms with Gasteiger partial charge in [-0.25, -0.2) is 0 Å². The number of nitrogens with zero attached hydrogens (tertiary/aromatic N) is 2. The van der Waals surface area contributed by atoms with E-state index in [0.717, 1.165) is 65.3 Å². The molecule has 0 atom stereocenters. The Morgan fingerprint density at radius 3 is 2.94 bits per heavy atom. The Morgan fingerprint density at radius 1 is 1.06 bits per heavy atom. The van der Waals surface area contributed by atoms with Crippen LogP contribution in [0.25, 0.3) is 0 Å². The van der Waals surface area contributed by atoms with E-state index >= 15 is 0 Å². The molecule has 0 radical (unpaired) electrons. The summed E-state index contributed by atoms with van der Waals surface area (Å²) in [6.45, 7) is 7.72. The molecule has 2 saturated heterocycles. The van der Waals surface area contributed by atoms with E-state index in [1.807, 2.05) is 4.90 Å². The molecule has 2 heterocycles. The summed E-state index contributed by atoms with van der Waals surface area (Å²) in [4.78, 5) is 16.4. The largest absolute Gasteiger partial charge is 0.380 e. The van der Waals surface area contributed by atoms with Crippen LogP contribution in [0.3, 0.4) is 0 Å². The van der Waals surface area contributed by atoms with E-state index < -0.39 is 0 Å². The van der Waals surface area contributed by atoms with Crippen molar-refractivity contribution in [2.24, 2.45) is 0 Å². The first-order valence-corrected chi connectivity index (χ1v) is 6.65. The molecule has 0 aromatic rings. The van der Waals surface area contributed by atoms with Gasteiger partial charge in [-0.1, -0.05) is 0 Å². The van der Waals surface area contributed by atoms with E-state index in [0.29, 0.717) is 6.54 Å². The van der Waals surface area contributed by atoms with Crippen molar-refractivity contribution >= 4 is 5.91 Å². The Bertz CT molecular complexity index is 232. The van der Waals surface area contributed by atoms with Crippen LogP contribution in [-0.4, -0.2) is 74.7 Å². The van der Waals surface area contributed by atoms with E-state index in [2.05, 4.69) is 10.2 Å². The average molecular weight is 241 g/mol. The molecule has 2 fully saturated rings. The zero-order valence-corrected chi connectivity index (χ0v) is 10.5. The minimum absolute atomic E-state index is 0.274. The van der Waals surface area contributed by atoms with Gasteiger partial charge < -0.3 is 15.0 Å². The molecule has 0 bridgehead atoms. The molecule has 0 aliphatic carbocycles. The Hall–Kier alpha value is -0.650. The molecule has 2 rings (SSSR count). The zero-order chi connectivity index (χ0) is 11.9. The summed E-state index contributed by atoms with van der Waals surface area (Å²) in [5, 5.41) is 3.32. The fraction of sp³-hybridized carbons (Fsp3) is 0.917. The lowest BCUT2D eigenvalue weighted by Gasteiger charge is -2.25. The normalized spacial score (nSPS) is 24.1. The number of nitrogens with one attached hydrogen (secondary N) is 1. The molecule has 1 amide bonds. The monoisotopic (exact) mass is 241 g/mol. The number of carbonyl (C=O) groups is 1. The van der Waals surface area contributed by atoms with Crippen molar-refractivity contribution in [3.8, 4) is 0 Å². The number of amides is 1. The van der Waals surface area contributed by atoms with E-state index in [4.69, 9.17) is 4.74 Å². The molecule has 0 unspecified atom stereocenters. The molecule has 0 aromatic heterocycles. The third kappa shape index (κ3) is 4.26. The van der Waals surface area contributed by atoms with Crippen molar-refractivity contribution in [1.82, 2.24) is 15.1 Å².